The first kappa shape index (κ1) is 17.9. The van der Waals surface area contributed by atoms with Gasteiger partial charge in [-0.25, -0.2) is 0 Å². The van der Waals surface area contributed by atoms with Gasteiger partial charge in [-0.2, -0.15) is 0 Å². The Morgan fingerprint density at radius 2 is 2.07 bits per heavy atom. The first-order valence-corrected chi connectivity index (χ1v) is 10.8. The number of pyridine rings is 1. The van der Waals surface area contributed by atoms with Gasteiger partial charge in [0.05, 0.1) is 19.3 Å². The van der Waals surface area contributed by atoms with E-state index in [4.69, 9.17) is 9.73 Å². The van der Waals surface area contributed by atoms with Crippen LogP contribution in [0.4, 0.5) is 0 Å². The topological polar surface area (TPSA) is 34.5 Å². The van der Waals surface area contributed by atoms with Crippen molar-refractivity contribution in [3.05, 3.63) is 59.4 Å². The van der Waals surface area contributed by atoms with E-state index < -0.39 is 0 Å². The molecular weight excluding hydrogens is 344 g/mol. The van der Waals surface area contributed by atoms with Gasteiger partial charge >= 0.3 is 0 Å². The Kier molecular flexibility index (Phi) is 4.49. The summed E-state index contributed by atoms with van der Waals surface area (Å²) < 4.78 is 5.46. The normalized spacial score (nSPS) is 32.5. The minimum absolute atomic E-state index is 0.292. The Labute approximate surface area is 168 Å². The number of hydrogen-bond donors (Lipinski definition) is 0. The fourth-order valence-electron chi connectivity index (χ4n) is 6.40. The summed E-state index contributed by atoms with van der Waals surface area (Å²) in [4.78, 5) is 9.55. The van der Waals surface area contributed by atoms with Gasteiger partial charge in [0.1, 0.15) is 5.75 Å². The maximum absolute atomic E-state index is 5.46. The Hall–Kier alpha value is -2.16. The molecule has 3 aliphatic rings. The molecule has 1 heterocycles. The number of nitrogens with zero attached hydrogens (tertiary/aromatic N) is 2. The van der Waals surface area contributed by atoms with Crippen molar-refractivity contribution in [1.82, 2.24) is 4.98 Å². The lowest BCUT2D eigenvalue weighted by Crippen LogP contribution is -2.42. The Balaban J connectivity index is 1.39. The molecule has 1 aromatic carbocycles. The second-order valence-electron chi connectivity index (χ2n) is 9.06. The fraction of sp³-hybridized carbons (Fsp3) is 0.520. The highest BCUT2D eigenvalue weighted by molar-refractivity contribution is 5.92. The molecule has 4 atom stereocenters. The van der Waals surface area contributed by atoms with Gasteiger partial charge in [0, 0.05) is 17.3 Å². The molecule has 0 saturated heterocycles. The van der Waals surface area contributed by atoms with E-state index in [-0.39, 0.29) is 0 Å². The highest BCUT2D eigenvalue weighted by atomic mass is 16.5. The summed E-state index contributed by atoms with van der Waals surface area (Å²) in [7, 11) is 1.77. The van der Waals surface area contributed by atoms with Crippen LogP contribution in [0.5, 0.6) is 5.75 Å². The SMILES string of the molecule is COc1ccc2c(c1)CC[C@@H]1[C@@H]2CC[C@]2(C)/C(=N/Cc3ccccn3)CC[C@@H]12. The summed E-state index contributed by atoms with van der Waals surface area (Å²) in [5.41, 5.74) is 5.95. The van der Waals surface area contributed by atoms with Crippen LogP contribution in [0.3, 0.4) is 0 Å². The Bertz CT molecular complexity index is 891. The van der Waals surface area contributed by atoms with E-state index in [9.17, 15) is 0 Å². The predicted octanol–water partition coefficient (Wildman–Crippen LogP) is 5.59. The van der Waals surface area contributed by atoms with Gasteiger partial charge in [-0.15, -0.1) is 0 Å². The second-order valence-corrected chi connectivity index (χ2v) is 9.06. The van der Waals surface area contributed by atoms with Crippen LogP contribution in [0, 0.1) is 17.3 Å². The lowest BCUT2D eigenvalue weighted by molar-refractivity contribution is 0.0955. The molecule has 3 nitrogen and oxygen atoms in total. The van der Waals surface area contributed by atoms with Crippen molar-refractivity contribution in [2.24, 2.45) is 22.2 Å². The van der Waals surface area contributed by atoms with Crippen molar-refractivity contribution >= 4 is 5.71 Å². The van der Waals surface area contributed by atoms with Crippen molar-refractivity contribution in [2.75, 3.05) is 7.11 Å². The molecular formula is C25H30N2O. The first-order chi connectivity index (χ1) is 13.7. The molecule has 3 aliphatic carbocycles. The van der Waals surface area contributed by atoms with Crippen LogP contribution < -0.4 is 4.74 Å². The third kappa shape index (κ3) is 2.87. The van der Waals surface area contributed by atoms with Crippen molar-refractivity contribution in [3.63, 3.8) is 0 Å². The summed E-state index contributed by atoms with van der Waals surface area (Å²) in [6.07, 6.45) is 9.43. The highest BCUT2D eigenvalue weighted by Gasteiger charge is 2.53. The van der Waals surface area contributed by atoms with Crippen molar-refractivity contribution in [1.29, 1.82) is 0 Å². The molecule has 2 saturated carbocycles. The van der Waals surface area contributed by atoms with E-state index >= 15 is 0 Å². The van der Waals surface area contributed by atoms with Crippen LogP contribution in [0.25, 0.3) is 0 Å². The Morgan fingerprint density at radius 3 is 2.89 bits per heavy atom. The molecule has 2 aromatic rings. The molecule has 0 N–H and O–H groups in total. The van der Waals surface area contributed by atoms with E-state index in [1.165, 1.54) is 49.8 Å². The quantitative estimate of drug-likeness (QED) is 0.702. The van der Waals surface area contributed by atoms with Gasteiger partial charge in [0.2, 0.25) is 0 Å². The van der Waals surface area contributed by atoms with Crippen LogP contribution in [0.15, 0.2) is 47.6 Å². The van der Waals surface area contributed by atoms with Crippen LogP contribution in [0.2, 0.25) is 0 Å². The molecule has 0 bridgehead atoms. The van der Waals surface area contributed by atoms with Crippen molar-refractivity contribution in [2.45, 2.75) is 57.9 Å². The van der Waals surface area contributed by atoms with Gasteiger partial charge in [-0.05, 0) is 91.7 Å². The minimum atomic E-state index is 0.292. The molecule has 1 aromatic heterocycles. The Morgan fingerprint density at radius 1 is 1.14 bits per heavy atom. The van der Waals surface area contributed by atoms with Gasteiger partial charge in [0.25, 0.3) is 0 Å². The van der Waals surface area contributed by atoms with Gasteiger partial charge in [0.15, 0.2) is 0 Å². The summed E-state index contributed by atoms with van der Waals surface area (Å²) in [5, 5.41) is 0. The van der Waals surface area contributed by atoms with Gasteiger partial charge in [-0.1, -0.05) is 19.1 Å². The number of hydrogen-bond acceptors (Lipinski definition) is 3. The largest absolute Gasteiger partial charge is 0.497 e. The van der Waals surface area contributed by atoms with Crippen molar-refractivity contribution in [3.8, 4) is 5.75 Å². The molecule has 2 fully saturated rings. The molecule has 0 unspecified atom stereocenters. The number of rotatable bonds is 3. The number of fused-ring (bicyclic) bond motifs is 5. The maximum Gasteiger partial charge on any atom is 0.119 e. The standard InChI is InChI=1S/C25H30N2O/c1-25-13-12-21-20-9-7-19(28-2)15-17(20)6-8-22(21)23(25)10-11-24(25)27-16-18-5-3-4-14-26-18/h3-5,7,9,14-15,21-23H,6,8,10-13,16H2,1-2H3/b27-24+/t21-,22-,23+,25+/m1/s1. The second kappa shape index (κ2) is 7.02. The van der Waals surface area contributed by atoms with E-state index in [1.807, 2.05) is 12.3 Å². The number of aryl methyl sites for hydroxylation is 1. The van der Waals surface area contributed by atoms with Crippen LogP contribution in [-0.4, -0.2) is 17.8 Å². The molecule has 0 aliphatic heterocycles. The zero-order valence-electron chi connectivity index (χ0n) is 17.0. The summed E-state index contributed by atoms with van der Waals surface area (Å²) in [5.74, 6) is 3.32. The summed E-state index contributed by atoms with van der Waals surface area (Å²) >= 11 is 0. The first-order valence-electron chi connectivity index (χ1n) is 10.8. The van der Waals surface area contributed by atoms with E-state index in [0.717, 1.165) is 35.7 Å². The minimum Gasteiger partial charge on any atom is -0.497 e. The lowest BCUT2D eigenvalue weighted by atomic mass is 9.55. The van der Waals surface area contributed by atoms with E-state index in [2.05, 4.69) is 42.2 Å². The molecule has 28 heavy (non-hydrogen) atoms. The molecule has 5 rings (SSSR count). The van der Waals surface area contributed by atoms with E-state index in [1.54, 1.807) is 12.7 Å². The summed E-state index contributed by atoms with van der Waals surface area (Å²) in [6, 6.07) is 12.9. The average Bonchev–Trinajstić information content (AvgIpc) is 3.08. The zero-order chi connectivity index (χ0) is 19.1. The summed E-state index contributed by atoms with van der Waals surface area (Å²) in [6.45, 7) is 3.23. The van der Waals surface area contributed by atoms with Gasteiger partial charge in [-0.3, -0.25) is 9.98 Å². The number of ether oxygens (including phenoxy) is 1. The van der Waals surface area contributed by atoms with Crippen LogP contribution >= 0.6 is 0 Å². The maximum atomic E-state index is 5.46. The molecule has 0 spiro atoms. The third-order valence-electron chi connectivity index (χ3n) is 7.83. The van der Waals surface area contributed by atoms with Crippen LogP contribution in [0.1, 0.15) is 61.8 Å². The monoisotopic (exact) mass is 374 g/mol. The number of aliphatic imine (C=N–C) groups is 1. The number of benzene rings is 1. The lowest BCUT2D eigenvalue weighted by Gasteiger charge is -2.49. The highest BCUT2D eigenvalue weighted by Crippen LogP contribution is 2.60. The van der Waals surface area contributed by atoms with Crippen molar-refractivity contribution < 1.29 is 4.74 Å². The number of methoxy groups -OCH3 is 1. The third-order valence-corrected chi connectivity index (χ3v) is 7.83. The predicted molar refractivity (Wildman–Crippen MR) is 113 cm³/mol. The average molecular weight is 375 g/mol. The molecule has 0 amide bonds. The fourth-order valence-corrected chi connectivity index (χ4v) is 6.40. The molecule has 146 valence electrons. The smallest absolute Gasteiger partial charge is 0.119 e. The zero-order valence-corrected chi connectivity index (χ0v) is 17.0. The van der Waals surface area contributed by atoms with E-state index in [0.29, 0.717) is 5.41 Å². The number of aromatic nitrogens is 1. The molecule has 0 radical (unpaired) electrons. The van der Waals surface area contributed by atoms with Gasteiger partial charge < -0.3 is 4.74 Å². The molecule has 3 heteroatoms. The van der Waals surface area contributed by atoms with Crippen LogP contribution in [-0.2, 0) is 13.0 Å².